The Hall–Kier alpha value is -2.68. The highest BCUT2D eigenvalue weighted by atomic mass is 16.5. The van der Waals surface area contributed by atoms with Crippen molar-refractivity contribution in [1.82, 2.24) is 0 Å². The Morgan fingerprint density at radius 1 is 0.857 bits per heavy atom. The summed E-state index contributed by atoms with van der Waals surface area (Å²) in [5, 5.41) is 5.14. The molecule has 0 bridgehead atoms. The Labute approximate surface area is 123 Å². The lowest BCUT2D eigenvalue weighted by Gasteiger charge is -2.12. The molecule has 0 saturated heterocycles. The first-order valence-corrected chi connectivity index (χ1v) is 6.85. The summed E-state index contributed by atoms with van der Waals surface area (Å²) in [6.45, 7) is 0.594. The van der Waals surface area contributed by atoms with Gasteiger partial charge in [0.15, 0.2) is 0 Å². The van der Waals surface area contributed by atoms with Crippen LogP contribution in [0, 0.1) is 4.91 Å². The van der Waals surface area contributed by atoms with Gasteiger partial charge in [0.1, 0.15) is 18.9 Å². The molecule has 3 heteroatoms. The third kappa shape index (κ3) is 2.92. The van der Waals surface area contributed by atoms with Gasteiger partial charge in [-0.15, -0.1) is 0 Å². The molecule has 0 amide bonds. The Bertz CT molecular complexity index is 754. The number of rotatable bonds is 5. The Balaban J connectivity index is 1.94. The molecule has 0 atom stereocenters. The van der Waals surface area contributed by atoms with Crippen molar-refractivity contribution in [3.05, 3.63) is 82.8 Å². The lowest BCUT2D eigenvalue weighted by atomic mass is 10.0. The minimum Gasteiger partial charge on any atom is -0.489 e. The molecule has 0 fully saturated rings. The Morgan fingerprint density at radius 2 is 1.62 bits per heavy atom. The third-order valence-corrected chi connectivity index (χ3v) is 3.46. The van der Waals surface area contributed by atoms with Gasteiger partial charge in [0, 0.05) is 5.56 Å². The largest absolute Gasteiger partial charge is 0.489 e. The summed E-state index contributed by atoms with van der Waals surface area (Å²) in [6.07, 6.45) is 0. The van der Waals surface area contributed by atoms with E-state index in [1.165, 1.54) is 0 Å². The molecule has 0 aromatic heterocycles. The van der Waals surface area contributed by atoms with Crippen LogP contribution in [-0.4, -0.2) is 0 Å². The molecule has 0 aliphatic rings. The van der Waals surface area contributed by atoms with Gasteiger partial charge in [-0.25, -0.2) is 0 Å². The van der Waals surface area contributed by atoms with Gasteiger partial charge in [0.25, 0.3) is 0 Å². The number of nitroso groups, excluding NO2 is 1. The van der Waals surface area contributed by atoms with Gasteiger partial charge >= 0.3 is 0 Å². The SMILES string of the molecule is O=NCc1c(OCc2ccccc2)ccc2ccccc12. The molecule has 0 unspecified atom stereocenters. The topological polar surface area (TPSA) is 38.7 Å². The average Bonchev–Trinajstić information content (AvgIpc) is 2.55. The molecular formula is C18H15NO2. The zero-order valence-corrected chi connectivity index (χ0v) is 11.5. The van der Waals surface area contributed by atoms with E-state index in [9.17, 15) is 4.91 Å². The van der Waals surface area contributed by atoms with E-state index in [0.29, 0.717) is 6.61 Å². The molecule has 3 aromatic rings. The van der Waals surface area contributed by atoms with Crippen molar-refractivity contribution in [2.24, 2.45) is 5.18 Å². The van der Waals surface area contributed by atoms with Gasteiger partial charge in [0.2, 0.25) is 0 Å². The molecule has 0 aliphatic heterocycles. The Morgan fingerprint density at radius 3 is 2.43 bits per heavy atom. The van der Waals surface area contributed by atoms with Crippen LogP contribution in [-0.2, 0) is 13.2 Å². The molecule has 3 rings (SSSR count). The second-order valence-corrected chi connectivity index (χ2v) is 4.82. The summed E-state index contributed by atoms with van der Waals surface area (Å²) in [7, 11) is 0. The van der Waals surface area contributed by atoms with Crippen LogP contribution < -0.4 is 4.74 Å². The first-order chi connectivity index (χ1) is 10.4. The summed E-state index contributed by atoms with van der Waals surface area (Å²) in [5.41, 5.74) is 1.94. The summed E-state index contributed by atoms with van der Waals surface area (Å²) in [5.74, 6) is 0.720. The quantitative estimate of drug-likeness (QED) is 0.635. The molecule has 0 saturated carbocycles. The van der Waals surface area contributed by atoms with Gasteiger partial charge < -0.3 is 4.74 Å². The second-order valence-electron chi connectivity index (χ2n) is 4.82. The fourth-order valence-electron chi connectivity index (χ4n) is 2.41. The van der Waals surface area contributed by atoms with Crippen LogP contribution >= 0.6 is 0 Å². The maximum absolute atomic E-state index is 10.7. The van der Waals surface area contributed by atoms with Crippen molar-refractivity contribution in [2.45, 2.75) is 13.2 Å². The first-order valence-electron chi connectivity index (χ1n) is 6.85. The lowest BCUT2D eigenvalue weighted by Crippen LogP contribution is -1.99. The Kier molecular flexibility index (Phi) is 3.92. The fraction of sp³-hybridized carbons (Fsp3) is 0.111. The molecule has 3 aromatic carbocycles. The summed E-state index contributed by atoms with van der Waals surface area (Å²) in [6, 6.07) is 21.8. The first kappa shape index (κ1) is 13.3. The van der Waals surface area contributed by atoms with Crippen molar-refractivity contribution in [2.75, 3.05) is 0 Å². The molecule has 3 nitrogen and oxygen atoms in total. The molecular weight excluding hydrogens is 262 g/mol. The maximum atomic E-state index is 10.7. The second kappa shape index (κ2) is 6.18. The van der Waals surface area contributed by atoms with E-state index in [2.05, 4.69) is 5.18 Å². The fourth-order valence-corrected chi connectivity index (χ4v) is 2.41. The van der Waals surface area contributed by atoms with E-state index < -0.39 is 0 Å². The molecule has 0 spiro atoms. The molecule has 0 radical (unpaired) electrons. The van der Waals surface area contributed by atoms with Gasteiger partial charge in [-0.2, -0.15) is 4.91 Å². The number of hydrogen-bond donors (Lipinski definition) is 0. The number of nitrogens with zero attached hydrogens (tertiary/aromatic N) is 1. The standard InChI is InChI=1S/C18H15NO2/c20-19-12-17-16-9-5-4-8-15(16)10-11-18(17)21-13-14-6-2-1-3-7-14/h1-11H,12-13H2. The summed E-state index contributed by atoms with van der Waals surface area (Å²) < 4.78 is 5.88. The van der Waals surface area contributed by atoms with Gasteiger partial charge in [-0.05, 0) is 22.4 Å². The van der Waals surface area contributed by atoms with Gasteiger partial charge in [-0.1, -0.05) is 65.8 Å². The van der Waals surface area contributed by atoms with E-state index in [1.807, 2.05) is 66.7 Å². The van der Waals surface area contributed by atoms with Crippen LogP contribution in [0.2, 0.25) is 0 Å². The number of benzene rings is 3. The van der Waals surface area contributed by atoms with Crippen LogP contribution in [0.3, 0.4) is 0 Å². The average molecular weight is 277 g/mol. The lowest BCUT2D eigenvalue weighted by molar-refractivity contribution is 0.303. The van der Waals surface area contributed by atoms with Crippen LogP contribution in [0.25, 0.3) is 10.8 Å². The summed E-state index contributed by atoms with van der Waals surface area (Å²) in [4.78, 5) is 10.7. The highest BCUT2D eigenvalue weighted by Gasteiger charge is 2.09. The summed E-state index contributed by atoms with van der Waals surface area (Å²) >= 11 is 0. The van der Waals surface area contributed by atoms with Crippen LogP contribution in [0.15, 0.2) is 71.9 Å². The van der Waals surface area contributed by atoms with Crippen LogP contribution in [0.4, 0.5) is 0 Å². The number of ether oxygens (including phenoxy) is 1. The highest BCUT2D eigenvalue weighted by molar-refractivity contribution is 5.87. The van der Waals surface area contributed by atoms with E-state index in [0.717, 1.165) is 27.6 Å². The van der Waals surface area contributed by atoms with Crippen molar-refractivity contribution >= 4 is 10.8 Å². The van der Waals surface area contributed by atoms with E-state index in [1.54, 1.807) is 0 Å². The zero-order chi connectivity index (χ0) is 14.5. The molecule has 0 aliphatic carbocycles. The minimum atomic E-state index is 0.117. The number of hydrogen-bond acceptors (Lipinski definition) is 3. The predicted octanol–water partition coefficient (Wildman–Crippen LogP) is 4.69. The van der Waals surface area contributed by atoms with Crippen molar-refractivity contribution in [1.29, 1.82) is 0 Å². The molecule has 21 heavy (non-hydrogen) atoms. The minimum absolute atomic E-state index is 0.117. The van der Waals surface area contributed by atoms with Crippen LogP contribution in [0.1, 0.15) is 11.1 Å². The zero-order valence-electron chi connectivity index (χ0n) is 11.5. The van der Waals surface area contributed by atoms with Crippen molar-refractivity contribution in [3.63, 3.8) is 0 Å². The van der Waals surface area contributed by atoms with E-state index in [-0.39, 0.29) is 6.54 Å². The molecule has 0 N–H and O–H groups in total. The van der Waals surface area contributed by atoms with E-state index >= 15 is 0 Å². The van der Waals surface area contributed by atoms with Gasteiger partial charge in [-0.3, -0.25) is 0 Å². The molecule has 0 heterocycles. The monoisotopic (exact) mass is 277 g/mol. The van der Waals surface area contributed by atoms with Crippen molar-refractivity contribution < 1.29 is 4.74 Å². The number of fused-ring (bicyclic) bond motifs is 1. The van der Waals surface area contributed by atoms with Gasteiger partial charge in [0.05, 0.1) is 0 Å². The maximum Gasteiger partial charge on any atom is 0.125 e. The molecule has 104 valence electrons. The highest BCUT2D eigenvalue weighted by Crippen LogP contribution is 2.29. The van der Waals surface area contributed by atoms with E-state index in [4.69, 9.17) is 4.74 Å². The van der Waals surface area contributed by atoms with Crippen LogP contribution in [0.5, 0.6) is 5.75 Å². The smallest absolute Gasteiger partial charge is 0.125 e. The normalized spacial score (nSPS) is 10.5. The predicted molar refractivity (Wildman–Crippen MR) is 84.2 cm³/mol. The third-order valence-electron chi connectivity index (χ3n) is 3.46. The van der Waals surface area contributed by atoms with Crippen molar-refractivity contribution in [3.8, 4) is 5.75 Å².